The van der Waals surface area contributed by atoms with Gasteiger partial charge in [-0.2, -0.15) is 0 Å². The molecule has 4 rings (SSSR count). The fraction of sp³-hybridized carbons (Fsp3) is 0.227. The summed E-state index contributed by atoms with van der Waals surface area (Å²) in [5, 5.41) is 6.90. The van der Waals surface area contributed by atoms with Crippen molar-refractivity contribution in [2.45, 2.75) is 25.8 Å². The zero-order chi connectivity index (χ0) is 19.0. The normalized spacial score (nSPS) is 23.7. The third-order valence-electron chi connectivity index (χ3n) is 5.09. The lowest BCUT2D eigenvalue weighted by molar-refractivity contribution is 0.489. The molecule has 0 bridgehead atoms. The first-order valence-electron chi connectivity index (χ1n) is 9.03. The fourth-order valence-corrected chi connectivity index (χ4v) is 4.13. The van der Waals surface area contributed by atoms with Crippen molar-refractivity contribution in [3.8, 4) is 0 Å². The summed E-state index contributed by atoms with van der Waals surface area (Å²) in [6.07, 6.45) is 3.51. The molecule has 138 valence electrons. The van der Waals surface area contributed by atoms with Crippen LogP contribution in [0.15, 0.2) is 65.4 Å². The maximum absolute atomic E-state index is 14.5. The molecule has 1 heterocycles. The number of halogens is 2. The summed E-state index contributed by atoms with van der Waals surface area (Å²) >= 11 is 5.39. The Balaban J connectivity index is 1.84. The van der Waals surface area contributed by atoms with E-state index in [1.807, 2.05) is 18.2 Å². The highest BCUT2D eigenvalue weighted by Gasteiger charge is 2.33. The molecule has 0 aromatic heterocycles. The molecular weight excluding hydrogens is 362 g/mol. The molecule has 2 N–H and O–H groups in total. The fourth-order valence-electron chi connectivity index (χ4n) is 3.91. The summed E-state index contributed by atoms with van der Waals surface area (Å²) < 4.78 is 28.6. The van der Waals surface area contributed by atoms with Crippen molar-refractivity contribution in [3.05, 3.63) is 88.1 Å². The van der Waals surface area contributed by atoms with E-state index in [2.05, 4.69) is 17.6 Å². The predicted molar refractivity (Wildman–Crippen MR) is 108 cm³/mol. The van der Waals surface area contributed by atoms with Crippen molar-refractivity contribution >= 4 is 23.4 Å². The minimum atomic E-state index is -0.318. The van der Waals surface area contributed by atoms with E-state index in [1.165, 1.54) is 12.1 Å². The Morgan fingerprint density at radius 3 is 2.44 bits per heavy atom. The van der Waals surface area contributed by atoms with Crippen molar-refractivity contribution in [2.75, 3.05) is 0 Å². The van der Waals surface area contributed by atoms with Gasteiger partial charge in [0.1, 0.15) is 11.6 Å². The van der Waals surface area contributed by atoms with Gasteiger partial charge < -0.3 is 10.6 Å². The third kappa shape index (κ3) is 3.52. The SMILES string of the molecule is C[C@@H]1CC2=C(NC(=S)N[C@@H]2c2ccccc2F)/C(=C/c2ccccc2F)C1. The number of hydrogen-bond donors (Lipinski definition) is 2. The molecular formula is C22H20F2N2S. The molecule has 0 radical (unpaired) electrons. The summed E-state index contributed by atoms with van der Waals surface area (Å²) in [4.78, 5) is 0. The second-order valence-electron chi connectivity index (χ2n) is 7.16. The quantitative estimate of drug-likeness (QED) is 0.694. The number of nitrogens with one attached hydrogen (secondary N) is 2. The van der Waals surface area contributed by atoms with Crippen molar-refractivity contribution in [2.24, 2.45) is 5.92 Å². The lowest BCUT2D eigenvalue weighted by Gasteiger charge is -2.38. The van der Waals surface area contributed by atoms with Crippen LogP contribution in [-0.2, 0) is 0 Å². The highest BCUT2D eigenvalue weighted by Crippen LogP contribution is 2.41. The summed E-state index contributed by atoms with van der Waals surface area (Å²) in [5.74, 6) is -0.150. The zero-order valence-electron chi connectivity index (χ0n) is 14.9. The van der Waals surface area contributed by atoms with Gasteiger partial charge in [-0.25, -0.2) is 8.78 Å². The van der Waals surface area contributed by atoms with Crippen LogP contribution in [0, 0.1) is 17.6 Å². The van der Waals surface area contributed by atoms with E-state index in [-0.39, 0.29) is 17.7 Å². The third-order valence-corrected chi connectivity index (χ3v) is 5.31. The minimum Gasteiger partial charge on any atom is -0.352 e. The van der Waals surface area contributed by atoms with Gasteiger partial charge in [-0.1, -0.05) is 43.3 Å². The van der Waals surface area contributed by atoms with Gasteiger partial charge in [-0.15, -0.1) is 0 Å². The van der Waals surface area contributed by atoms with Gasteiger partial charge in [0.25, 0.3) is 0 Å². The van der Waals surface area contributed by atoms with Gasteiger partial charge in [-0.3, -0.25) is 0 Å². The van der Waals surface area contributed by atoms with Crippen molar-refractivity contribution in [3.63, 3.8) is 0 Å². The van der Waals surface area contributed by atoms with Crippen LogP contribution in [-0.4, -0.2) is 5.11 Å². The Labute approximate surface area is 163 Å². The molecule has 2 aliphatic rings. The molecule has 1 aliphatic carbocycles. The first-order valence-corrected chi connectivity index (χ1v) is 9.44. The highest BCUT2D eigenvalue weighted by molar-refractivity contribution is 7.80. The first kappa shape index (κ1) is 17.9. The number of hydrogen-bond acceptors (Lipinski definition) is 1. The summed E-state index contributed by atoms with van der Waals surface area (Å²) in [6, 6.07) is 13.1. The molecule has 0 fully saturated rings. The van der Waals surface area contributed by atoms with Crippen LogP contribution in [0.2, 0.25) is 0 Å². The van der Waals surface area contributed by atoms with Gasteiger partial charge in [0, 0.05) is 16.8 Å². The Kier molecular flexibility index (Phi) is 4.79. The molecule has 0 spiro atoms. The molecule has 2 nitrogen and oxygen atoms in total. The smallest absolute Gasteiger partial charge is 0.171 e. The molecule has 2 aromatic rings. The van der Waals surface area contributed by atoms with E-state index in [1.54, 1.807) is 24.3 Å². The summed E-state index contributed by atoms with van der Waals surface area (Å²) in [5.41, 5.74) is 4.08. The maximum atomic E-state index is 14.5. The standard InChI is InChI=1S/C22H20F2N2S/c1-13-10-15(12-14-6-2-4-8-18(14)23)20-17(11-13)21(26-22(27)25-20)16-7-3-5-9-19(16)24/h2-9,12-13,21H,10-11H2,1H3,(H2,25,26,27)/b15-12+/t13-,21+/m0/s1. The Morgan fingerprint density at radius 1 is 1.00 bits per heavy atom. The van der Waals surface area contributed by atoms with Crippen LogP contribution in [0.5, 0.6) is 0 Å². The minimum absolute atomic E-state index is 0.257. The molecule has 0 saturated heterocycles. The van der Waals surface area contributed by atoms with Crippen LogP contribution in [0.25, 0.3) is 6.08 Å². The topological polar surface area (TPSA) is 24.1 Å². The molecule has 0 unspecified atom stereocenters. The number of benzene rings is 2. The van der Waals surface area contributed by atoms with E-state index in [9.17, 15) is 8.78 Å². The molecule has 1 aliphatic heterocycles. The van der Waals surface area contributed by atoms with Crippen LogP contribution in [0.1, 0.15) is 36.9 Å². The average Bonchev–Trinajstić information content (AvgIpc) is 2.64. The van der Waals surface area contributed by atoms with Crippen LogP contribution >= 0.6 is 12.2 Å². The largest absolute Gasteiger partial charge is 0.352 e. The lowest BCUT2D eigenvalue weighted by atomic mass is 9.78. The van der Waals surface area contributed by atoms with E-state index in [0.29, 0.717) is 22.2 Å². The predicted octanol–water partition coefficient (Wildman–Crippen LogP) is 5.25. The molecule has 0 saturated carbocycles. The zero-order valence-corrected chi connectivity index (χ0v) is 15.7. The number of rotatable bonds is 2. The van der Waals surface area contributed by atoms with E-state index >= 15 is 0 Å². The van der Waals surface area contributed by atoms with E-state index < -0.39 is 0 Å². The summed E-state index contributed by atoms with van der Waals surface area (Å²) in [6.45, 7) is 2.16. The van der Waals surface area contributed by atoms with E-state index in [4.69, 9.17) is 12.2 Å². The molecule has 5 heteroatoms. The Hall–Kier alpha value is -2.53. The second kappa shape index (κ2) is 7.24. The lowest BCUT2D eigenvalue weighted by Crippen LogP contribution is -2.46. The van der Waals surface area contributed by atoms with Crippen LogP contribution in [0.3, 0.4) is 0 Å². The molecule has 2 atom stereocenters. The monoisotopic (exact) mass is 382 g/mol. The first-order chi connectivity index (χ1) is 13.0. The Bertz CT molecular complexity index is 964. The van der Waals surface area contributed by atoms with Gasteiger partial charge in [0.05, 0.1) is 6.04 Å². The Morgan fingerprint density at radius 2 is 1.70 bits per heavy atom. The molecule has 2 aromatic carbocycles. The van der Waals surface area contributed by atoms with E-state index in [0.717, 1.165) is 29.7 Å². The average molecular weight is 382 g/mol. The van der Waals surface area contributed by atoms with Gasteiger partial charge in [0.2, 0.25) is 0 Å². The second-order valence-corrected chi connectivity index (χ2v) is 7.57. The van der Waals surface area contributed by atoms with Gasteiger partial charge >= 0.3 is 0 Å². The van der Waals surface area contributed by atoms with Gasteiger partial charge in [-0.05, 0) is 60.3 Å². The number of thiocarbonyl (C=S) groups is 1. The number of allylic oxidation sites excluding steroid dienone is 1. The van der Waals surface area contributed by atoms with Crippen molar-refractivity contribution < 1.29 is 8.78 Å². The maximum Gasteiger partial charge on any atom is 0.171 e. The van der Waals surface area contributed by atoms with Gasteiger partial charge in [0.15, 0.2) is 5.11 Å². The van der Waals surface area contributed by atoms with Crippen LogP contribution in [0.4, 0.5) is 8.78 Å². The highest BCUT2D eigenvalue weighted by atomic mass is 32.1. The molecule has 0 amide bonds. The van der Waals surface area contributed by atoms with Crippen molar-refractivity contribution in [1.82, 2.24) is 10.6 Å². The van der Waals surface area contributed by atoms with Crippen LogP contribution < -0.4 is 10.6 Å². The summed E-state index contributed by atoms with van der Waals surface area (Å²) in [7, 11) is 0. The van der Waals surface area contributed by atoms with Crippen molar-refractivity contribution in [1.29, 1.82) is 0 Å². The molecule has 27 heavy (non-hydrogen) atoms.